The van der Waals surface area contributed by atoms with E-state index in [4.69, 9.17) is 4.74 Å². The zero-order chi connectivity index (χ0) is 18.9. The number of methoxy groups -OCH3 is 1. The summed E-state index contributed by atoms with van der Waals surface area (Å²) in [5.41, 5.74) is 1.99. The van der Waals surface area contributed by atoms with Gasteiger partial charge in [-0.15, -0.1) is 0 Å². The minimum absolute atomic E-state index is 0.0145. The number of nitrogens with one attached hydrogen (secondary N) is 1. The van der Waals surface area contributed by atoms with Crippen LogP contribution in [0.5, 0.6) is 5.75 Å². The first-order valence-corrected chi connectivity index (χ1v) is 9.33. The van der Waals surface area contributed by atoms with Gasteiger partial charge in [0.15, 0.2) is 0 Å². The number of rotatable bonds is 7. The molecule has 0 bridgehead atoms. The Hall–Kier alpha value is -2.63. The lowest BCUT2D eigenvalue weighted by molar-refractivity contribution is -0.117. The Morgan fingerprint density at radius 3 is 2.52 bits per heavy atom. The molecule has 1 amide bonds. The Morgan fingerprint density at radius 2 is 1.78 bits per heavy atom. The van der Waals surface area contributed by atoms with Crippen molar-refractivity contribution in [3.05, 3.63) is 66.2 Å². The van der Waals surface area contributed by atoms with E-state index in [-0.39, 0.29) is 5.91 Å². The first-order chi connectivity index (χ1) is 13.2. The molecule has 1 aliphatic heterocycles. The summed E-state index contributed by atoms with van der Waals surface area (Å²) in [5.74, 6) is 0.755. The van der Waals surface area contributed by atoms with E-state index >= 15 is 0 Å². The molecule has 1 heterocycles. The Kier molecular flexibility index (Phi) is 7.02. The lowest BCUT2D eigenvalue weighted by atomic mass is 10.2. The largest absolute Gasteiger partial charge is 0.497 e. The third-order valence-corrected chi connectivity index (χ3v) is 4.66. The molecule has 0 aliphatic carbocycles. The lowest BCUT2D eigenvalue weighted by Crippen LogP contribution is -2.48. The van der Waals surface area contributed by atoms with E-state index in [1.807, 2.05) is 30.3 Å². The van der Waals surface area contributed by atoms with Crippen molar-refractivity contribution in [2.75, 3.05) is 51.7 Å². The summed E-state index contributed by atoms with van der Waals surface area (Å²) in [4.78, 5) is 16.9. The second-order valence-electron chi connectivity index (χ2n) is 6.67. The monoisotopic (exact) mass is 365 g/mol. The second kappa shape index (κ2) is 9.90. The van der Waals surface area contributed by atoms with Gasteiger partial charge in [0, 0.05) is 44.5 Å². The van der Waals surface area contributed by atoms with E-state index in [9.17, 15) is 4.79 Å². The maximum Gasteiger partial charge on any atom is 0.238 e. The van der Waals surface area contributed by atoms with Crippen LogP contribution in [0.25, 0.3) is 6.08 Å². The average molecular weight is 365 g/mol. The zero-order valence-corrected chi connectivity index (χ0v) is 15.8. The number of carbonyl (C=O) groups excluding carboxylic acids is 1. The highest BCUT2D eigenvalue weighted by Crippen LogP contribution is 2.16. The van der Waals surface area contributed by atoms with E-state index < -0.39 is 0 Å². The first-order valence-electron chi connectivity index (χ1n) is 9.33. The van der Waals surface area contributed by atoms with E-state index in [0.29, 0.717) is 6.54 Å². The van der Waals surface area contributed by atoms with Gasteiger partial charge in [-0.3, -0.25) is 14.6 Å². The summed E-state index contributed by atoms with van der Waals surface area (Å²) < 4.78 is 5.19. The van der Waals surface area contributed by atoms with Gasteiger partial charge in [-0.1, -0.05) is 48.6 Å². The van der Waals surface area contributed by atoms with Gasteiger partial charge >= 0.3 is 0 Å². The molecular weight excluding hydrogens is 338 g/mol. The fraction of sp³-hybridized carbons (Fsp3) is 0.318. The summed E-state index contributed by atoms with van der Waals surface area (Å²) in [5, 5.41) is 2.94. The van der Waals surface area contributed by atoms with Crippen molar-refractivity contribution in [2.24, 2.45) is 0 Å². The van der Waals surface area contributed by atoms with Gasteiger partial charge in [-0.2, -0.15) is 0 Å². The molecule has 1 aliphatic rings. The molecule has 0 unspecified atom stereocenters. The Bertz CT molecular complexity index is 753. The molecule has 1 N–H and O–H groups in total. The van der Waals surface area contributed by atoms with E-state index in [2.05, 4.69) is 51.5 Å². The fourth-order valence-corrected chi connectivity index (χ4v) is 3.14. The lowest BCUT2D eigenvalue weighted by Gasteiger charge is -2.33. The normalized spacial score (nSPS) is 15.7. The summed E-state index contributed by atoms with van der Waals surface area (Å²) >= 11 is 0. The van der Waals surface area contributed by atoms with Crippen LogP contribution in [-0.2, 0) is 4.79 Å². The molecule has 27 heavy (non-hydrogen) atoms. The number of carbonyl (C=O) groups is 1. The topological polar surface area (TPSA) is 44.8 Å². The number of benzene rings is 2. The Balaban J connectivity index is 1.38. The standard InChI is InChI=1S/C22H27N3O2/c1-27-21-11-5-10-20(17-21)23-22(26)18-25-15-13-24(14-16-25)12-6-9-19-7-3-2-4-8-19/h2-11,17H,12-16,18H2,1H3,(H,23,26)/b9-6+. The first kappa shape index (κ1) is 19.1. The molecular formula is C22H27N3O2. The van der Waals surface area contributed by atoms with Crippen molar-refractivity contribution >= 4 is 17.7 Å². The van der Waals surface area contributed by atoms with Crippen molar-refractivity contribution < 1.29 is 9.53 Å². The molecule has 1 fully saturated rings. The highest BCUT2D eigenvalue weighted by molar-refractivity contribution is 5.92. The SMILES string of the molecule is COc1cccc(NC(=O)CN2CCN(C/C=C/c3ccccc3)CC2)c1. The minimum atomic E-state index is 0.0145. The Morgan fingerprint density at radius 1 is 1.04 bits per heavy atom. The van der Waals surface area contributed by atoms with E-state index in [1.165, 1.54) is 5.56 Å². The van der Waals surface area contributed by atoms with Gasteiger partial charge in [0.2, 0.25) is 5.91 Å². The number of ether oxygens (including phenoxy) is 1. The van der Waals surface area contributed by atoms with Gasteiger partial charge in [0.25, 0.3) is 0 Å². The van der Waals surface area contributed by atoms with Crippen molar-refractivity contribution in [3.8, 4) is 5.75 Å². The fourth-order valence-electron chi connectivity index (χ4n) is 3.14. The van der Waals surface area contributed by atoms with Crippen molar-refractivity contribution in [1.29, 1.82) is 0 Å². The highest BCUT2D eigenvalue weighted by atomic mass is 16.5. The summed E-state index contributed by atoms with van der Waals surface area (Å²) in [6, 6.07) is 17.8. The maximum atomic E-state index is 12.3. The zero-order valence-electron chi connectivity index (χ0n) is 15.8. The number of anilines is 1. The van der Waals surface area contributed by atoms with Gasteiger partial charge in [0.1, 0.15) is 5.75 Å². The van der Waals surface area contributed by atoms with Gasteiger partial charge in [0.05, 0.1) is 13.7 Å². The minimum Gasteiger partial charge on any atom is -0.497 e. The molecule has 0 spiro atoms. The van der Waals surface area contributed by atoms with Gasteiger partial charge < -0.3 is 10.1 Å². The van der Waals surface area contributed by atoms with Gasteiger partial charge in [-0.25, -0.2) is 0 Å². The number of amides is 1. The molecule has 2 aromatic carbocycles. The van der Waals surface area contributed by atoms with Crippen LogP contribution in [0.4, 0.5) is 5.69 Å². The van der Waals surface area contributed by atoms with Crippen molar-refractivity contribution in [1.82, 2.24) is 9.80 Å². The molecule has 0 aromatic heterocycles. The predicted octanol–water partition coefficient (Wildman–Crippen LogP) is 2.96. The number of hydrogen-bond donors (Lipinski definition) is 1. The highest BCUT2D eigenvalue weighted by Gasteiger charge is 2.18. The molecule has 5 nitrogen and oxygen atoms in total. The van der Waals surface area contributed by atoms with Crippen LogP contribution in [0.2, 0.25) is 0 Å². The van der Waals surface area contributed by atoms with Crippen LogP contribution in [0.1, 0.15) is 5.56 Å². The average Bonchev–Trinajstić information content (AvgIpc) is 2.70. The quantitative estimate of drug-likeness (QED) is 0.819. The maximum absolute atomic E-state index is 12.3. The third-order valence-electron chi connectivity index (χ3n) is 4.66. The smallest absolute Gasteiger partial charge is 0.238 e. The summed E-state index contributed by atoms with van der Waals surface area (Å²) in [6.45, 7) is 5.14. The molecule has 3 rings (SSSR count). The molecule has 2 aromatic rings. The number of hydrogen-bond acceptors (Lipinski definition) is 4. The molecule has 142 valence electrons. The van der Waals surface area contributed by atoms with E-state index in [1.54, 1.807) is 7.11 Å². The van der Waals surface area contributed by atoms with E-state index in [0.717, 1.165) is 44.2 Å². The molecule has 0 saturated carbocycles. The third kappa shape index (κ3) is 6.24. The number of piperazine rings is 1. The van der Waals surface area contributed by atoms with Crippen molar-refractivity contribution in [3.63, 3.8) is 0 Å². The molecule has 5 heteroatoms. The second-order valence-corrected chi connectivity index (χ2v) is 6.67. The van der Waals surface area contributed by atoms with Crippen LogP contribution >= 0.6 is 0 Å². The Labute approximate surface area is 161 Å². The number of nitrogens with zero attached hydrogens (tertiary/aromatic N) is 2. The van der Waals surface area contributed by atoms with Crippen LogP contribution in [0.15, 0.2) is 60.7 Å². The van der Waals surface area contributed by atoms with Crippen LogP contribution in [-0.4, -0.2) is 62.1 Å². The molecule has 0 radical (unpaired) electrons. The van der Waals surface area contributed by atoms with Crippen LogP contribution < -0.4 is 10.1 Å². The summed E-state index contributed by atoms with van der Waals surface area (Å²) in [7, 11) is 1.62. The predicted molar refractivity (Wildman–Crippen MR) is 110 cm³/mol. The van der Waals surface area contributed by atoms with Crippen molar-refractivity contribution in [2.45, 2.75) is 0 Å². The summed E-state index contributed by atoms with van der Waals surface area (Å²) in [6.07, 6.45) is 4.37. The molecule has 0 atom stereocenters. The van der Waals surface area contributed by atoms with Crippen LogP contribution in [0, 0.1) is 0 Å². The van der Waals surface area contributed by atoms with Gasteiger partial charge in [-0.05, 0) is 17.7 Å². The van der Waals surface area contributed by atoms with Crippen LogP contribution in [0.3, 0.4) is 0 Å². The molecule has 1 saturated heterocycles.